The lowest BCUT2D eigenvalue weighted by Crippen LogP contribution is -2.33. The number of nitriles is 1. The van der Waals surface area contributed by atoms with Crippen LogP contribution in [0.25, 0.3) is 10.2 Å². The Balaban J connectivity index is 1.61. The number of halogens is 1. The highest BCUT2D eigenvalue weighted by atomic mass is 32.2. The van der Waals surface area contributed by atoms with E-state index < -0.39 is 5.82 Å². The summed E-state index contributed by atoms with van der Waals surface area (Å²) in [7, 11) is 0. The van der Waals surface area contributed by atoms with Gasteiger partial charge < -0.3 is 4.90 Å². The highest BCUT2D eigenvalue weighted by molar-refractivity contribution is 7.99. The van der Waals surface area contributed by atoms with Crippen molar-refractivity contribution in [1.82, 2.24) is 9.55 Å². The van der Waals surface area contributed by atoms with Crippen LogP contribution in [0.4, 0.5) is 10.1 Å². The van der Waals surface area contributed by atoms with Crippen molar-refractivity contribution in [3.63, 3.8) is 0 Å². The van der Waals surface area contributed by atoms with Gasteiger partial charge in [0.15, 0.2) is 5.16 Å². The Morgan fingerprint density at radius 1 is 1.39 bits per heavy atom. The Labute approximate surface area is 200 Å². The first-order valence-corrected chi connectivity index (χ1v) is 12.8. The van der Waals surface area contributed by atoms with Crippen LogP contribution in [0.2, 0.25) is 0 Å². The quantitative estimate of drug-likeness (QED) is 0.356. The van der Waals surface area contributed by atoms with E-state index in [0.29, 0.717) is 23.3 Å². The van der Waals surface area contributed by atoms with E-state index in [1.165, 1.54) is 45.8 Å². The second-order valence-electron chi connectivity index (χ2n) is 8.19. The Hall–Kier alpha value is -2.70. The second kappa shape index (κ2) is 10.1. The standard InChI is InChI=1S/C24H25FN4O2S2/c1-3-28-23(31)21-18-10-5-15(2)13-19(18)33-22(21)27-24(28)32-14-20(30)29(12-4-11-26)17-8-6-16(25)7-9-17/h6-9,15H,3-5,10,12-14H2,1-2H3. The zero-order valence-electron chi connectivity index (χ0n) is 18.6. The number of amides is 1. The summed E-state index contributed by atoms with van der Waals surface area (Å²) in [6, 6.07) is 7.68. The molecule has 1 aliphatic carbocycles. The average Bonchev–Trinajstić information content (AvgIpc) is 3.16. The molecule has 0 radical (unpaired) electrons. The first-order chi connectivity index (χ1) is 15.9. The van der Waals surface area contributed by atoms with Gasteiger partial charge in [-0.25, -0.2) is 9.37 Å². The minimum atomic E-state index is -0.390. The molecule has 1 unspecified atom stereocenters. The van der Waals surface area contributed by atoms with Gasteiger partial charge in [-0.2, -0.15) is 5.26 Å². The molecule has 0 N–H and O–H groups in total. The van der Waals surface area contributed by atoms with E-state index >= 15 is 0 Å². The summed E-state index contributed by atoms with van der Waals surface area (Å²) >= 11 is 2.82. The van der Waals surface area contributed by atoms with Crippen LogP contribution < -0.4 is 10.5 Å². The number of carbonyl (C=O) groups is 1. The van der Waals surface area contributed by atoms with Crippen LogP contribution in [-0.4, -0.2) is 27.8 Å². The molecule has 0 bridgehead atoms. The van der Waals surface area contributed by atoms with E-state index in [1.54, 1.807) is 15.9 Å². The largest absolute Gasteiger partial charge is 0.311 e. The van der Waals surface area contributed by atoms with E-state index in [2.05, 4.69) is 6.92 Å². The highest BCUT2D eigenvalue weighted by Gasteiger charge is 2.25. The fraction of sp³-hybridized carbons (Fsp3) is 0.417. The first kappa shape index (κ1) is 23.5. The SMILES string of the molecule is CCn1c(SCC(=O)N(CCC#N)c2ccc(F)cc2)nc2sc3c(c2c1=O)CCC(C)C3. The molecule has 3 aromatic rings. The second-order valence-corrected chi connectivity index (χ2v) is 10.2. The van der Waals surface area contributed by atoms with Crippen LogP contribution in [0.1, 0.15) is 37.1 Å². The summed E-state index contributed by atoms with van der Waals surface area (Å²) in [5.74, 6) is 0.0517. The van der Waals surface area contributed by atoms with Gasteiger partial charge in [-0.1, -0.05) is 18.7 Å². The fourth-order valence-corrected chi connectivity index (χ4v) is 6.54. The molecular weight excluding hydrogens is 459 g/mol. The van der Waals surface area contributed by atoms with Crippen molar-refractivity contribution >= 4 is 44.9 Å². The Morgan fingerprint density at radius 3 is 2.85 bits per heavy atom. The van der Waals surface area contributed by atoms with Crippen LogP contribution in [0.3, 0.4) is 0 Å². The molecular formula is C24H25FN4O2S2. The third-order valence-corrected chi connectivity index (χ3v) is 8.02. The summed E-state index contributed by atoms with van der Waals surface area (Å²) in [6.45, 7) is 4.82. The average molecular weight is 485 g/mol. The molecule has 33 heavy (non-hydrogen) atoms. The molecule has 9 heteroatoms. The molecule has 2 heterocycles. The van der Waals surface area contributed by atoms with Crippen molar-refractivity contribution in [2.45, 2.75) is 51.2 Å². The van der Waals surface area contributed by atoms with Crippen molar-refractivity contribution < 1.29 is 9.18 Å². The first-order valence-electron chi connectivity index (χ1n) is 11.0. The molecule has 1 atom stereocenters. The van der Waals surface area contributed by atoms with Crippen LogP contribution in [0.15, 0.2) is 34.2 Å². The predicted molar refractivity (Wildman–Crippen MR) is 130 cm³/mol. The van der Waals surface area contributed by atoms with Gasteiger partial charge in [0.1, 0.15) is 10.6 Å². The minimum absolute atomic E-state index is 0.0376. The van der Waals surface area contributed by atoms with E-state index in [9.17, 15) is 14.0 Å². The maximum Gasteiger partial charge on any atom is 0.263 e. The van der Waals surface area contributed by atoms with Crippen molar-refractivity contribution in [3.8, 4) is 6.07 Å². The van der Waals surface area contributed by atoms with Crippen molar-refractivity contribution in [1.29, 1.82) is 5.26 Å². The number of thioether (sulfide) groups is 1. The molecule has 2 aromatic heterocycles. The van der Waals surface area contributed by atoms with Crippen LogP contribution in [0, 0.1) is 23.1 Å². The molecule has 172 valence electrons. The number of aromatic nitrogens is 2. The van der Waals surface area contributed by atoms with Crippen molar-refractivity contribution in [2.75, 3.05) is 17.2 Å². The molecule has 6 nitrogen and oxygen atoms in total. The number of benzene rings is 1. The number of aryl methyl sites for hydroxylation is 1. The lowest BCUT2D eigenvalue weighted by molar-refractivity contribution is -0.116. The summed E-state index contributed by atoms with van der Waals surface area (Å²) in [4.78, 5) is 34.6. The zero-order valence-corrected chi connectivity index (χ0v) is 20.3. The van der Waals surface area contributed by atoms with Gasteiger partial charge in [-0.3, -0.25) is 14.2 Å². The van der Waals surface area contributed by atoms with E-state index in [-0.39, 0.29) is 30.2 Å². The maximum atomic E-state index is 13.3. The predicted octanol–water partition coefficient (Wildman–Crippen LogP) is 4.78. The summed E-state index contributed by atoms with van der Waals surface area (Å²) < 4.78 is 15.0. The summed E-state index contributed by atoms with van der Waals surface area (Å²) in [5, 5.41) is 10.2. The molecule has 0 saturated carbocycles. The lowest BCUT2D eigenvalue weighted by Gasteiger charge is -2.22. The molecule has 0 aliphatic heterocycles. The highest BCUT2D eigenvalue weighted by Crippen LogP contribution is 2.36. The number of fused-ring (bicyclic) bond motifs is 3. The fourth-order valence-electron chi connectivity index (χ4n) is 4.18. The van der Waals surface area contributed by atoms with Gasteiger partial charge in [-0.05, 0) is 61.9 Å². The Kier molecular flexibility index (Phi) is 7.15. The van der Waals surface area contributed by atoms with Crippen molar-refractivity contribution in [3.05, 3.63) is 50.9 Å². The third kappa shape index (κ3) is 4.82. The van der Waals surface area contributed by atoms with Crippen LogP contribution >= 0.6 is 23.1 Å². The van der Waals surface area contributed by atoms with Crippen molar-refractivity contribution in [2.24, 2.45) is 5.92 Å². The summed E-state index contributed by atoms with van der Waals surface area (Å²) in [5.41, 5.74) is 1.65. The molecule has 0 fully saturated rings. The Morgan fingerprint density at radius 2 is 2.15 bits per heavy atom. The van der Waals surface area contributed by atoms with Crippen LogP contribution in [0.5, 0.6) is 0 Å². The van der Waals surface area contributed by atoms with E-state index in [1.807, 2.05) is 13.0 Å². The zero-order chi connectivity index (χ0) is 23.5. The molecule has 1 amide bonds. The van der Waals surface area contributed by atoms with Gasteiger partial charge in [0, 0.05) is 23.7 Å². The smallest absolute Gasteiger partial charge is 0.263 e. The van der Waals surface area contributed by atoms with E-state index in [0.717, 1.165) is 35.0 Å². The number of anilines is 1. The maximum absolute atomic E-state index is 13.3. The molecule has 1 aromatic carbocycles. The van der Waals surface area contributed by atoms with Gasteiger partial charge in [0.2, 0.25) is 5.91 Å². The normalized spacial score (nSPS) is 15.3. The number of hydrogen-bond acceptors (Lipinski definition) is 6. The summed E-state index contributed by atoms with van der Waals surface area (Å²) in [6.07, 6.45) is 3.14. The molecule has 1 aliphatic rings. The number of hydrogen-bond donors (Lipinski definition) is 0. The number of thiophene rings is 1. The molecule has 0 saturated heterocycles. The number of nitrogens with zero attached hydrogens (tertiary/aromatic N) is 4. The van der Waals surface area contributed by atoms with Gasteiger partial charge in [-0.15, -0.1) is 11.3 Å². The molecule has 4 rings (SSSR count). The Bertz CT molecular complexity index is 1280. The lowest BCUT2D eigenvalue weighted by atomic mass is 9.89. The monoisotopic (exact) mass is 484 g/mol. The van der Waals surface area contributed by atoms with Gasteiger partial charge in [0.05, 0.1) is 23.6 Å². The minimum Gasteiger partial charge on any atom is -0.311 e. The molecule has 0 spiro atoms. The van der Waals surface area contributed by atoms with Gasteiger partial charge >= 0.3 is 0 Å². The van der Waals surface area contributed by atoms with Crippen LogP contribution in [-0.2, 0) is 24.2 Å². The van der Waals surface area contributed by atoms with Gasteiger partial charge in [0.25, 0.3) is 5.56 Å². The topological polar surface area (TPSA) is 79.0 Å². The third-order valence-electron chi connectivity index (χ3n) is 5.91. The number of rotatable bonds is 7. The number of carbonyl (C=O) groups excluding carboxylic acids is 1. The van der Waals surface area contributed by atoms with E-state index in [4.69, 9.17) is 10.2 Å².